The molecule has 1 heterocycles. The number of halogens is 3. The molecular formula is C12H13F3N2O. The highest BCUT2D eigenvalue weighted by atomic mass is 19.4. The number of fused-ring (bicyclic) bond motifs is 1. The minimum absolute atomic E-state index is 0.0832. The van der Waals surface area contributed by atoms with Gasteiger partial charge in [-0.2, -0.15) is 13.2 Å². The second-order valence-corrected chi connectivity index (χ2v) is 3.93. The third-order valence-corrected chi connectivity index (χ3v) is 2.88. The third kappa shape index (κ3) is 2.09. The number of rotatable bonds is 3. The highest BCUT2D eigenvalue weighted by Gasteiger charge is 2.33. The van der Waals surface area contributed by atoms with Crippen LogP contribution < -0.4 is 5.90 Å². The zero-order valence-corrected chi connectivity index (χ0v) is 9.79. The van der Waals surface area contributed by atoms with E-state index in [9.17, 15) is 13.2 Å². The molecule has 0 aliphatic rings. The average Bonchev–Trinajstić information content (AvgIpc) is 2.65. The predicted octanol–water partition coefficient (Wildman–Crippen LogP) is 3.07. The molecule has 0 saturated heterocycles. The molecule has 2 N–H and O–H groups in total. The van der Waals surface area contributed by atoms with Gasteiger partial charge in [0.05, 0.1) is 5.56 Å². The van der Waals surface area contributed by atoms with Crippen molar-refractivity contribution < 1.29 is 18.0 Å². The Morgan fingerprint density at radius 2 is 2.06 bits per heavy atom. The molecular weight excluding hydrogens is 245 g/mol. The summed E-state index contributed by atoms with van der Waals surface area (Å²) in [5, 5.41) is 0.180. The SMILES string of the molecule is CCn1c(CON)cc2c(C(F)(F)F)cccc21. The van der Waals surface area contributed by atoms with Gasteiger partial charge in [-0.05, 0) is 25.1 Å². The normalized spacial score (nSPS) is 12.3. The van der Waals surface area contributed by atoms with Gasteiger partial charge in [-0.15, -0.1) is 0 Å². The molecule has 18 heavy (non-hydrogen) atoms. The largest absolute Gasteiger partial charge is 0.417 e. The Labute approximate surface area is 102 Å². The van der Waals surface area contributed by atoms with E-state index < -0.39 is 11.7 Å². The van der Waals surface area contributed by atoms with Gasteiger partial charge in [-0.3, -0.25) is 4.84 Å². The van der Waals surface area contributed by atoms with Crippen molar-refractivity contribution in [2.45, 2.75) is 26.3 Å². The van der Waals surface area contributed by atoms with Gasteiger partial charge in [0, 0.05) is 23.1 Å². The summed E-state index contributed by atoms with van der Waals surface area (Å²) < 4.78 is 40.4. The maximum atomic E-state index is 12.9. The fourth-order valence-electron chi connectivity index (χ4n) is 2.16. The zero-order chi connectivity index (χ0) is 13.3. The molecule has 0 unspecified atom stereocenters. The smallest absolute Gasteiger partial charge is 0.343 e. The molecule has 3 nitrogen and oxygen atoms in total. The maximum absolute atomic E-state index is 12.9. The third-order valence-electron chi connectivity index (χ3n) is 2.88. The number of aromatic nitrogens is 1. The molecule has 0 saturated carbocycles. The summed E-state index contributed by atoms with van der Waals surface area (Å²) in [5.74, 6) is 4.99. The number of benzene rings is 1. The second kappa shape index (κ2) is 4.62. The van der Waals surface area contributed by atoms with Crippen LogP contribution in [0.15, 0.2) is 24.3 Å². The second-order valence-electron chi connectivity index (χ2n) is 3.93. The van der Waals surface area contributed by atoms with Gasteiger partial charge in [0.2, 0.25) is 0 Å². The Balaban J connectivity index is 2.71. The first-order valence-corrected chi connectivity index (χ1v) is 5.49. The lowest BCUT2D eigenvalue weighted by Gasteiger charge is -2.09. The van der Waals surface area contributed by atoms with Crippen LogP contribution in [-0.2, 0) is 24.2 Å². The lowest BCUT2D eigenvalue weighted by Crippen LogP contribution is -2.06. The molecule has 6 heteroatoms. The number of alkyl halides is 3. The Bertz CT molecular complexity index is 560. The fourth-order valence-corrected chi connectivity index (χ4v) is 2.16. The quantitative estimate of drug-likeness (QED) is 0.859. The van der Waals surface area contributed by atoms with Crippen molar-refractivity contribution in [3.05, 3.63) is 35.5 Å². The Kier molecular flexibility index (Phi) is 3.32. The summed E-state index contributed by atoms with van der Waals surface area (Å²) in [5.41, 5.74) is 0.538. The van der Waals surface area contributed by atoms with Gasteiger partial charge in [0.25, 0.3) is 0 Å². The van der Waals surface area contributed by atoms with Gasteiger partial charge >= 0.3 is 6.18 Å². The van der Waals surface area contributed by atoms with Crippen LogP contribution in [0.2, 0.25) is 0 Å². The van der Waals surface area contributed by atoms with Crippen molar-refractivity contribution in [3.8, 4) is 0 Å². The molecule has 0 amide bonds. The summed E-state index contributed by atoms with van der Waals surface area (Å²) in [6.07, 6.45) is -4.36. The van der Waals surface area contributed by atoms with Crippen LogP contribution in [0.25, 0.3) is 10.9 Å². The van der Waals surface area contributed by atoms with E-state index in [0.29, 0.717) is 17.8 Å². The van der Waals surface area contributed by atoms with Crippen LogP contribution >= 0.6 is 0 Å². The monoisotopic (exact) mass is 258 g/mol. The Morgan fingerprint density at radius 1 is 1.33 bits per heavy atom. The molecule has 0 aliphatic heterocycles. The van der Waals surface area contributed by atoms with Crippen molar-refractivity contribution >= 4 is 10.9 Å². The van der Waals surface area contributed by atoms with Crippen LogP contribution in [0.5, 0.6) is 0 Å². The van der Waals surface area contributed by atoms with E-state index in [1.165, 1.54) is 12.1 Å². The summed E-state index contributed by atoms with van der Waals surface area (Å²) in [6.45, 7) is 2.50. The van der Waals surface area contributed by atoms with Gasteiger partial charge in [0.15, 0.2) is 0 Å². The van der Waals surface area contributed by atoms with Crippen molar-refractivity contribution in [2.24, 2.45) is 5.90 Å². The van der Waals surface area contributed by atoms with E-state index in [1.54, 1.807) is 10.6 Å². The summed E-state index contributed by atoms with van der Waals surface area (Å²) in [7, 11) is 0. The topological polar surface area (TPSA) is 40.2 Å². The van der Waals surface area contributed by atoms with Crippen LogP contribution in [0.4, 0.5) is 13.2 Å². The number of hydrogen-bond acceptors (Lipinski definition) is 2. The molecule has 0 fully saturated rings. The Morgan fingerprint density at radius 3 is 2.61 bits per heavy atom. The van der Waals surface area contributed by atoms with E-state index in [0.717, 1.165) is 6.07 Å². The van der Waals surface area contributed by atoms with E-state index in [1.807, 2.05) is 6.92 Å². The van der Waals surface area contributed by atoms with E-state index in [2.05, 4.69) is 4.84 Å². The van der Waals surface area contributed by atoms with Gasteiger partial charge in [0.1, 0.15) is 6.61 Å². The molecule has 1 aromatic heterocycles. The summed E-state index contributed by atoms with van der Waals surface area (Å²) in [6, 6.07) is 5.63. The first-order valence-electron chi connectivity index (χ1n) is 5.49. The Hall–Kier alpha value is -1.53. The molecule has 98 valence electrons. The maximum Gasteiger partial charge on any atom is 0.417 e. The minimum atomic E-state index is -4.36. The van der Waals surface area contributed by atoms with Gasteiger partial charge in [-0.25, -0.2) is 5.90 Å². The minimum Gasteiger partial charge on any atom is -0.343 e. The molecule has 2 aromatic rings. The first-order chi connectivity index (χ1) is 8.49. The number of aryl methyl sites for hydroxylation is 1. The lowest BCUT2D eigenvalue weighted by atomic mass is 10.1. The van der Waals surface area contributed by atoms with Crippen molar-refractivity contribution in [1.82, 2.24) is 4.57 Å². The highest BCUT2D eigenvalue weighted by molar-refractivity contribution is 5.85. The van der Waals surface area contributed by atoms with Crippen LogP contribution in [0.3, 0.4) is 0 Å². The molecule has 0 aliphatic carbocycles. The molecule has 0 radical (unpaired) electrons. The number of nitrogens with zero attached hydrogens (tertiary/aromatic N) is 1. The van der Waals surface area contributed by atoms with Crippen LogP contribution in [0, 0.1) is 0 Å². The van der Waals surface area contributed by atoms with Gasteiger partial charge in [-0.1, -0.05) is 6.07 Å². The predicted molar refractivity (Wildman–Crippen MR) is 61.6 cm³/mol. The van der Waals surface area contributed by atoms with Crippen LogP contribution in [-0.4, -0.2) is 4.57 Å². The lowest BCUT2D eigenvalue weighted by molar-refractivity contribution is -0.136. The molecule has 1 aromatic carbocycles. The van der Waals surface area contributed by atoms with E-state index in [4.69, 9.17) is 5.90 Å². The molecule has 0 atom stereocenters. The van der Waals surface area contributed by atoms with E-state index in [-0.39, 0.29) is 12.0 Å². The fraction of sp³-hybridized carbons (Fsp3) is 0.333. The van der Waals surface area contributed by atoms with E-state index >= 15 is 0 Å². The highest BCUT2D eigenvalue weighted by Crippen LogP contribution is 2.36. The van der Waals surface area contributed by atoms with Crippen molar-refractivity contribution in [2.75, 3.05) is 0 Å². The van der Waals surface area contributed by atoms with Crippen molar-refractivity contribution in [3.63, 3.8) is 0 Å². The molecule has 0 spiro atoms. The average molecular weight is 258 g/mol. The van der Waals surface area contributed by atoms with Crippen molar-refractivity contribution in [1.29, 1.82) is 0 Å². The number of hydrogen-bond donors (Lipinski definition) is 1. The van der Waals surface area contributed by atoms with Crippen LogP contribution in [0.1, 0.15) is 18.2 Å². The first kappa shape index (κ1) is 12.9. The zero-order valence-electron chi connectivity index (χ0n) is 9.79. The summed E-state index contributed by atoms with van der Waals surface area (Å²) in [4.78, 5) is 4.52. The number of nitrogens with two attached hydrogens (primary N) is 1. The van der Waals surface area contributed by atoms with Gasteiger partial charge < -0.3 is 4.57 Å². The standard InChI is InChI=1S/C12H13F3N2O/c1-2-17-8(7-18-16)6-9-10(12(13,14)15)4-3-5-11(9)17/h3-6H,2,7,16H2,1H3. The molecule has 0 bridgehead atoms. The molecule has 2 rings (SSSR count). The summed E-state index contributed by atoms with van der Waals surface area (Å²) >= 11 is 0.